The van der Waals surface area contributed by atoms with Crippen molar-refractivity contribution in [1.29, 1.82) is 0 Å². The van der Waals surface area contributed by atoms with Crippen molar-refractivity contribution in [2.45, 2.75) is 56.9 Å². The van der Waals surface area contributed by atoms with E-state index < -0.39 is 41.3 Å². The number of amides is 1. The number of rotatable bonds is 6. The third-order valence-corrected chi connectivity index (χ3v) is 9.40. The second-order valence-electron chi connectivity index (χ2n) is 12.3. The number of aromatic hydroxyl groups is 1. The van der Waals surface area contributed by atoms with Gasteiger partial charge in [-0.25, -0.2) is 18.2 Å². The number of carbonyl (C=O) groups is 1. The molecule has 2 saturated heterocycles. The first-order chi connectivity index (χ1) is 22.0. The fraction of sp³-hybridized carbons (Fsp3) is 0.394. The summed E-state index contributed by atoms with van der Waals surface area (Å²) < 4.78 is 58.5. The first kappa shape index (κ1) is 29.9. The molecule has 5 heterocycles. The largest absolute Gasteiger partial charge is 0.508 e. The highest BCUT2D eigenvalue weighted by Gasteiger charge is 2.49. The number of hydrogen-bond acceptors (Lipinski definition) is 9. The summed E-state index contributed by atoms with van der Waals surface area (Å²) in [6.45, 7) is 4.54. The van der Waals surface area contributed by atoms with Gasteiger partial charge >= 0.3 is 6.01 Å². The van der Waals surface area contributed by atoms with Gasteiger partial charge in [0.15, 0.2) is 5.82 Å². The van der Waals surface area contributed by atoms with Crippen molar-refractivity contribution < 1.29 is 32.5 Å². The average Bonchev–Trinajstić information content (AvgIpc) is 3.50. The topological polar surface area (TPSA) is 127 Å². The summed E-state index contributed by atoms with van der Waals surface area (Å²) in [7, 11) is 0. The van der Waals surface area contributed by atoms with Gasteiger partial charge in [-0.3, -0.25) is 9.69 Å². The number of alkyl halides is 1. The van der Waals surface area contributed by atoms with Crippen LogP contribution < -0.4 is 20.1 Å². The average molecular weight is 633 g/mol. The lowest BCUT2D eigenvalue weighted by atomic mass is 9.95. The minimum atomic E-state index is -0.987. The molecule has 4 atom stereocenters. The number of halogens is 3. The van der Waals surface area contributed by atoms with E-state index in [1.807, 2.05) is 0 Å². The highest BCUT2D eigenvalue weighted by Crippen LogP contribution is 2.44. The maximum atomic E-state index is 16.9. The number of aromatic nitrogens is 3. The van der Waals surface area contributed by atoms with Crippen LogP contribution in [0.25, 0.3) is 32.9 Å². The molecule has 0 radical (unpaired) electrons. The number of primary amides is 1. The molecule has 3 aliphatic rings. The summed E-state index contributed by atoms with van der Waals surface area (Å²) in [5.74, 6) is -0.123. The number of phenolic OH excluding ortho intramolecular Hbond substituents is 1. The first-order valence-electron chi connectivity index (χ1n) is 15.1. The number of pyridine rings is 1. The minimum Gasteiger partial charge on any atom is -0.508 e. The van der Waals surface area contributed by atoms with Gasteiger partial charge in [-0.05, 0) is 56.8 Å². The summed E-state index contributed by atoms with van der Waals surface area (Å²) in [6, 6.07) is 3.66. The third kappa shape index (κ3) is 4.62. The minimum absolute atomic E-state index is 0.0122. The Hall–Kier alpha value is -4.83. The number of nitrogens with two attached hydrogens (primary N) is 1. The van der Waals surface area contributed by atoms with Crippen LogP contribution in [0.4, 0.5) is 19.0 Å². The van der Waals surface area contributed by atoms with E-state index in [0.717, 1.165) is 19.4 Å². The molecule has 13 heteroatoms. The lowest BCUT2D eigenvalue weighted by Gasteiger charge is -2.33. The van der Waals surface area contributed by atoms with Crippen LogP contribution in [0.2, 0.25) is 0 Å². The van der Waals surface area contributed by atoms with Crippen molar-refractivity contribution in [3.63, 3.8) is 0 Å². The third-order valence-electron chi connectivity index (χ3n) is 9.40. The number of ether oxygens (including phenoxy) is 2. The molecule has 0 spiro atoms. The summed E-state index contributed by atoms with van der Waals surface area (Å²) >= 11 is 0. The van der Waals surface area contributed by atoms with Crippen molar-refractivity contribution in [1.82, 2.24) is 19.9 Å². The van der Waals surface area contributed by atoms with Crippen LogP contribution in [0.5, 0.6) is 17.6 Å². The number of anilines is 1. The molecule has 0 unspecified atom stereocenters. The second-order valence-corrected chi connectivity index (χ2v) is 12.3. The molecule has 3 N–H and O–H groups in total. The van der Waals surface area contributed by atoms with Gasteiger partial charge in [-0.15, -0.1) is 6.42 Å². The van der Waals surface area contributed by atoms with E-state index in [-0.39, 0.29) is 69.8 Å². The van der Waals surface area contributed by atoms with Crippen molar-refractivity contribution >= 4 is 33.4 Å². The van der Waals surface area contributed by atoms with Gasteiger partial charge in [0.2, 0.25) is 11.8 Å². The van der Waals surface area contributed by atoms with Gasteiger partial charge < -0.3 is 25.2 Å². The van der Waals surface area contributed by atoms with Gasteiger partial charge in [0.25, 0.3) is 0 Å². The zero-order valence-electron chi connectivity index (χ0n) is 25.2. The number of fused-ring (bicyclic) bond motifs is 2. The van der Waals surface area contributed by atoms with Gasteiger partial charge in [-0.2, -0.15) is 9.97 Å². The Kier molecular flexibility index (Phi) is 7.08. The van der Waals surface area contributed by atoms with Crippen LogP contribution in [-0.4, -0.2) is 81.0 Å². The molecular weight excluding hydrogens is 601 g/mol. The standard InChI is InChI=1S/C33H31F3N6O4/c1-4-21-23(35)7-6-18-10-20(43)11-22(24(18)21)27-26(36)28-25-30(42(17(3)29(37)44)16(2)14-45-31(25)38-27)40-32(39-28)46-15-33-8-5-9-41(33)13-19(34)12-33/h1,6-7,10-11,16-17,19,43H,5,8-9,12-15H2,2-3H3,(H2,37,44)/t16-,17-,19+,33-/m0/s1. The van der Waals surface area contributed by atoms with Crippen molar-refractivity contribution in [2.24, 2.45) is 5.73 Å². The van der Waals surface area contributed by atoms with E-state index in [4.69, 9.17) is 21.6 Å². The van der Waals surface area contributed by atoms with E-state index in [9.17, 15) is 18.7 Å². The number of nitrogens with zero attached hydrogens (tertiary/aromatic N) is 5. The molecule has 46 heavy (non-hydrogen) atoms. The Balaban J connectivity index is 1.47. The van der Waals surface area contributed by atoms with E-state index in [2.05, 4.69) is 25.8 Å². The molecule has 2 aromatic heterocycles. The lowest BCUT2D eigenvalue weighted by Crippen LogP contribution is -2.49. The Morgan fingerprint density at radius 2 is 2.09 bits per heavy atom. The SMILES string of the molecule is C#Cc1c(F)ccc2cc(O)cc(-c3nc4c5c(nc(OC[C@@]67CCCN6C[C@H](F)C7)nc5c3F)N([C@@H](C)C(N)=O)[C@@H](C)CO4)c12. The maximum absolute atomic E-state index is 16.9. The van der Waals surface area contributed by atoms with Gasteiger partial charge in [0.05, 0.1) is 17.1 Å². The van der Waals surface area contributed by atoms with Crippen LogP contribution in [0.1, 0.15) is 38.7 Å². The van der Waals surface area contributed by atoms with Crippen LogP contribution in [0.3, 0.4) is 0 Å². The van der Waals surface area contributed by atoms with Gasteiger partial charge in [-0.1, -0.05) is 12.0 Å². The van der Waals surface area contributed by atoms with Crippen molar-refractivity contribution in [3.05, 3.63) is 41.5 Å². The Labute approximate surface area is 262 Å². The molecular formula is C33H31F3N6O4. The number of hydrogen-bond donors (Lipinski definition) is 2. The molecule has 238 valence electrons. The zero-order chi connectivity index (χ0) is 32.5. The van der Waals surface area contributed by atoms with Crippen LogP contribution >= 0.6 is 0 Å². The first-order valence-corrected chi connectivity index (χ1v) is 15.1. The Bertz CT molecular complexity index is 1970. The molecule has 0 saturated carbocycles. The van der Waals surface area contributed by atoms with Crippen molar-refractivity contribution in [2.75, 3.05) is 31.2 Å². The van der Waals surface area contributed by atoms with E-state index in [1.165, 1.54) is 24.3 Å². The Morgan fingerprint density at radius 1 is 1.28 bits per heavy atom. The normalized spacial score (nSPS) is 23.2. The predicted molar refractivity (Wildman–Crippen MR) is 164 cm³/mol. The summed E-state index contributed by atoms with van der Waals surface area (Å²) in [6.07, 6.45) is 6.61. The molecule has 7 rings (SSSR count). The molecule has 10 nitrogen and oxygen atoms in total. The van der Waals surface area contributed by atoms with Crippen molar-refractivity contribution in [3.8, 4) is 41.2 Å². The Morgan fingerprint density at radius 3 is 2.85 bits per heavy atom. The summed E-state index contributed by atoms with van der Waals surface area (Å²) in [4.78, 5) is 29.7. The lowest BCUT2D eigenvalue weighted by molar-refractivity contribution is -0.119. The maximum Gasteiger partial charge on any atom is 0.319 e. The molecule has 4 aromatic rings. The molecule has 2 fully saturated rings. The number of terminal acetylenes is 1. The molecule has 2 aromatic carbocycles. The monoisotopic (exact) mass is 632 g/mol. The quantitative estimate of drug-likeness (QED) is 0.301. The van der Waals surface area contributed by atoms with Crippen LogP contribution in [0.15, 0.2) is 24.3 Å². The highest BCUT2D eigenvalue weighted by molar-refractivity contribution is 6.04. The zero-order valence-corrected chi connectivity index (χ0v) is 25.2. The van der Waals surface area contributed by atoms with E-state index in [1.54, 1.807) is 18.7 Å². The van der Waals surface area contributed by atoms with E-state index >= 15 is 4.39 Å². The number of carbonyl (C=O) groups excluding carboxylic acids is 1. The fourth-order valence-electron chi connectivity index (χ4n) is 7.23. The second kappa shape index (κ2) is 10.9. The predicted octanol–water partition coefficient (Wildman–Crippen LogP) is 4.23. The highest BCUT2D eigenvalue weighted by atomic mass is 19.1. The molecule has 3 aliphatic heterocycles. The number of phenols is 1. The van der Waals surface area contributed by atoms with Gasteiger partial charge in [0, 0.05) is 23.9 Å². The van der Waals surface area contributed by atoms with E-state index in [0.29, 0.717) is 18.4 Å². The van der Waals surface area contributed by atoms with Crippen LogP contribution in [0, 0.1) is 24.0 Å². The summed E-state index contributed by atoms with van der Waals surface area (Å²) in [5, 5.41) is 11.2. The van der Waals surface area contributed by atoms with Crippen LogP contribution in [-0.2, 0) is 4.79 Å². The fourth-order valence-corrected chi connectivity index (χ4v) is 7.23. The molecule has 0 bridgehead atoms. The molecule has 1 amide bonds. The van der Waals surface area contributed by atoms with Gasteiger partial charge in [0.1, 0.15) is 59.4 Å². The smallest absolute Gasteiger partial charge is 0.319 e. The summed E-state index contributed by atoms with van der Waals surface area (Å²) in [5.41, 5.74) is 4.51. The molecule has 0 aliphatic carbocycles. The number of benzene rings is 2.